The average molecular weight is 383 g/mol. The SMILES string of the molecule is CCC(CN1CCCC1)Nc1ncnc2scc(-c3ccc(OC)cc3)c12. The molecule has 0 radical (unpaired) electrons. The summed E-state index contributed by atoms with van der Waals surface area (Å²) in [5.74, 6) is 1.81. The standard InChI is InChI=1S/C21H26N4OS/c1-3-16(12-25-10-4-5-11-25)24-20-19-18(13-27-21(19)23-14-22-20)15-6-8-17(26-2)9-7-15/h6-9,13-14,16H,3-5,10-12H2,1-2H3,(H,22,23,24). The quantitative estimate of drug-likeness (QED) is 0.644. The molecule has 1 aromatic carbocycles. The van der Waals surface area contributed by atoms with Gasteiger partial charge in [0.15, 0.2) is 0 Å². The van der Waals surface area contributed by atoms with Crippen LogP contribution >= 0.6 is 11.3 Å². The van der Waals surface area contributed by atoms with E-state index in [-0.39, 0.29) is 0 Å². The van der Waals surface area contributed by atoms with Crippen LogP contribution in [0.5, 0.6) is 5.75 Å². The molecule has 3 heterocycles. The second-order valence-corrected chi connectivity index (χ2v) is 7.90. The van der Waals surface area contributed by atoms with Crippen molar-refractivity contribution in [1.29, 1.82) is 0 Å². The fourth-order valence-corrected chi connectivity index (χ4v) is 4.63. The molecule has 1 atom stereocenters. The van der Waals surface area contributed by atoms with E-state index in [1.807, 2.05) is 12.1 Å². The Morgan fingerprint density at radius 3 is 2.67 bits per heavy atom. The van der Waals surface area contributed by atoms with Gasteiger partial charge in [-0.05, 0) is 50.0 Å². The zero-order valence-corrected chi connectivity index (χ0v) is 16.8. The first kappa shape index (κ1) is 18.2. The second-order valence-electron chi connectivity index (χ2n) is 7.04. The lowest BCUT2D eigenvalue weighted by molar-refractivity contribution is 0.318. The lowest BCUT2D eigenvalue weighted by Gasteiger charge is -2.24. The van der Waals surface area contributed by atoms with E-state index in [9.17, 15) is 0 Å². The van der Waals surface area contributed by atoms with Crippen LogP contribution in [-0.2, 0) is 0 Å². The molecule has 4 rings (SSSR count). The smallest absolute Gasteiger partial charge is 0.139 e. The van der Waals surface area contributed by atoms with Crippen LogP contribution in [0.15, 0.2) is 36.0 Å². The second kappa shape index (κ2) is 8.23. The molecule has 1 saturated heterocycles. The molecular formula is C21H26N4OS. The third kappa shape index (κ3) is 3.92. The third-order valence-corrected chi connectivity index (χ3v) is 6.17. The third-order valence-electron chi connectivity index (χ3n) is 5.28. The number of rotatable bonds is 7. The van der Waals surface area contributed by atoms with E-state index in [0.717, 1.165) is 40.3 Å². The Bertz CT molecular complexity index is 887. The fourth-order valence-electron chi connectivity index (χ4n) is 3.71. The predicted octanol–water partition coefficient (Wildman–Crippen LogP) is 4.65. The summed E-state index contributed by atoms with van der Waals surface area (Å²) < 4.78 is 5.29. The monoisotopic (exact) mass is 382 g/mol. The van der Waals surface area contributed by atoms with E-state index in [2.05, 4.69) is 44.6 Å². The van der Waals surface area contributed by atoms with Gasteiger partial charge in [0, 0.05) is 23.5 Å². The largest absolute Gasteiger partial charge is 0.497 e. The Balaban J connectivity index is 1.64. The lowest BCUT2D eigenvalue weighted by atomic mass is 10.1. The molecule has 0 spiro atoms. The number of aromatic nitrogens is 2. The molecule has 6 heteroatoms. The van der Waals surface area contributed by atoms with Gasteiger partial charge in [0.2, 0.25) is 0 Å². The zero-order valence-electron chi connectivity index (χ0n) is 15.9. The van der Waals surface area contributed by atoms with Crippen LogP contribution in [-0.4, -0.2) is 47.7 Å². The highest BCUT2D eigenvalue weighted by Gasteiger charge is 2.19. The molecule has 0 bridgehead atoms. The van der Waals surface area contributed by atoms with Crippen molar-refractivity contribution in [2.45, 2.75) is 32.2 Å². The van der Waals surface area contributed by atoms with Crippen molar-refractivity contribution in [2.75, 3.05) is 32.1 Å². The summed E-state index contributed by atoms with van der Waals surface area (Å²) >= 11 is 1.67. The highest BCUT2D eigenvalue weighted by atomic mass is 32.1. The maximum Gasteiger partial charge on any atom is 0.139 e. The van der Waals surface area contributed by atoms with Gasteiger partial charge < -0.3 is 15.0 Å². The highest BCUT2D eigenvalue weighted by Crippen LogP contribution is 2.37. The Morgan fingerprint density at radius 1 is 1.19 bits per heavy atom. The van der Waals surface area contributed by atoms with Crippen molar-refractivity contribution in [3.63, 3.8) is 0 Å². The number of nitrogens with zero attached hydrogens (tertiary/aromatic N) is 3. The zero-order chi connectivity index (χ0) is 18.6. The van der Waals surface area contributed by atoms with Gasteiger partial charge in [-0.1, -0.05) is 19.1 Å². The number of likely N-dealkylation sites (tertiary alicyclic amines) is 1. The number of nitrogens with one attached hydrogen (secondary N) is 1. The summed E-state index contributed by atoms with van der Waals surface area (Å²) in [6.07, 6.45) is 5.38. The van der Waals surface area contributed by atoms with E-state index < -0.39 is 0 Å². The van der Waals surface area contributed by atoms with Crippen molar-refractivity contribution in [1.82, 2.24) is 14.9 Å². The van der Waals surface area contributed by atoms with Crippen LogP contribution in [0.4, 0.5) is 5.82 Å². The molecule has 5 nitrogen and oxygen atoms in total. The van der Waals surface area contributed by atoms with Gasteiger partial charge in [0.25, 0.3) is 0 Å². The normalized spacial score (nSPS) is 15.9. The van der Waals surface area contributed by atoms with Crippen molar-refractivity contribution in [2.24, 2.45) is 0 Å². The van der Waals surface area contributed by atoms with E-state index in [4.69, 9.17) is 4.74 Å². The van der Waals surface area contributed by atoms with Crippen LogP contribution < -0.4 is 10.1 Å². The topological polar surface area (TPSA) is 50.3 Å². The summed E-state index contributed by atoms with van der Waals surface area (Å²) in [6, 6.07) is 8.58. The van der Waals surface area contributed by atoms with Gasteiger partial charge in [-0.15, -0.1) is 11.3 Å². The Labute approximate surface area is 164 Å². The summed E-state index contributed by atoms with van der Waals surface area (Å²) in [5.41, 5.74) is 2.34. The maximum atomic E-state index is 5.29. The number of ether oxygens (including phenoxy) is 1. The van der Waals surface area contributed by atoms with Crippen LogP contribution in [0.1, 0.15) is 26.2 Å². The first-order valence-electron chi connectivity index (χ1n) is 9.64. The maximum absolute atomic E-state index is 5.29. The number of thiophene rings is 1. The Hall–Kier alpha value is -2.18. The van der Waals surface area contributed by atoms with Crippen molar-refractivity contribution >= 4 is 27.4 Å². The van der Waals surface area contributed by atoms with Crippen LogP contribution in [0.2, 0.25) is 0 Å². The van der Waals surface area contributed by atoms with E-state index in [0.29, 0.717) is 6.04 Å². The lowest BCUT2D eigenvalue weighted by Crippen LogP contribution is -2.35. The van der Waals surface area contributed by atoms with E-state index in [1.165, 1.54) is 31.5 Å². The highest BCUT2D eigenvalue weighted by molar-refractivity contribution is 7.17. The molecule has 1 N–H and O–H groups in total. The van der Waals surface area contributed by atoms with Gasteiger partial charge in [-0.2, -0.15) is 0 Å². The molecule has 1 fully saturated rings. The minimum absolute atomic E-state index is 0.393. The molecule has 0 saturated carbocycles. The van der Waals surface area contributed by atoms with Crippen LogP contribution in [0, 0.1) is 0 Å². The van der Waals surface area contributed by atoms with Gasteiger partial charge in [-0.25, -0.2) is 9.97 Å². The van der Waals surface area contributed by atoms with E-state index >= 15 is 0 Å². The molecular weight excluding hydrogens is 356 g/mol. The summed E-state index contributed by atoms with van der Waals surface area (Å²) in [5, 5.41) is 7.00. The Morgan fingerprint density at radius 2 is 1.96 bits per heavy atom. The first-order valence-corrected chi connectivity index (χ1v) is 10.5. The van der Waals surface area contributed by atoms with Crippen LogP contribution in [0.25, 0.3) is 21.3 Å². The molecule has 27 heavy (non-hydrogen) atoms. The number of anilines is 1. The van der Waals surface area contributed by atoms with Gasteiger partial charge in [0.05, 0.1) is 12.5 Å². The summed E-state index contributed by atoms with van der Waals surface area (Å²) in [4.78, 5) is 12.7. The molecule has 3 aromatic rings. The molecule has 0 amide bonds. The molecule has 0 aliphatic carbocycles. The summed E-state index contributed by atoms with van der Waals surface area (Å²) in [6.45, 7) is 5.74. The minimum atomic E-state index is 0.393. The molecule has 1 aliphatic heterocycles. The number of methoxy groups -OCH3 is 1. The van der Waals surface area contributed by atoms with Gasteiger partial charge >= 0.3 is 0 Å². The predicted molar refractivity (Wildman–Crippen MR) is 113 cm³/mol. The van der Waals surface area contributed by atoms with Crippen LogP contribution in [0.3, 0.4) is 0 Å². The summed E-state index contributed by atoms with van der Waals surface area (Å²) in [7, 11) is 1.69. The first-order chi connectivity index (χ1) is 13.3. The number of benzene rings is 1. The average Bonchev–Trinajstić information content (AvgIpc) is 3.37. The number of hydrogen-bond donors (Lipinski definition) is 1. The number of hydrogen-bond acceptors (Lipinski definition) is 6. The number of fused-ring (bicyclic) bond motifs is 1. The Kier molecular flexibility index (Phi) is 5.55. The molecule has 1 aliphatic rings. The van der Waals surface area contributed by atoms with Gasteiger partial charge in [-0.3, -0.25) is 0 Å². The molecule has 2 aromatic heterocycles. The molecule has 142 valence electrons. The van der Waals surface area contributed by atoms with Crippen molar-refractivity contribution in [3.8, 4) is 16.9 Å². The van der Waals surface area contributed by atoms with Gasteiger partial charge in [0.1, 0.15) is 22.7 Å². The minimum Gasteiger partial charge on any atom is -0.497 e. The fraction of sp³-hybridized carbons (Fsp3) is 0.429. The molecule has 1 unspecified atom stereocenters. The van der Waals surface area contributed by atoms with Crippen molar-refractivity contribution in [3.05, 3.63) is 36.0 Å². The van der Waals surface area contributed by atoms with E-state index in [1.54, 1.807) is 24.8 Å². The van der Waals surface area contributed by atoms with Crippen molar-refractivity contribution < 1.29 is 4.74 Å².